The van der Waals surface area contributed by atoms with Crippen LogP contribution in [0, 0.1) is 17.0 Å². The predicted molar refractivity (Wildman–Crippen MR) is 105 cm³/mol. The van der Waals surface area contributed by atoms with E-state index in [9.17, 15) is 18.5 Å². The van der Waals surface area contributed by atoms with E-state index >= 15 is 0 Å². The van der Waals surface area contributed by atoms with Crippen molar-refractivity contribution in [2.24, 2.45) is 0 Å². The summed E-state index contributed by atoms with van der Waals surface area (Å²) < 4.78 is 26.2. The second-order valence-electron chi connectivity index (χ2n) is 6.74. The van der Waals surface area contributed by atoms with Gasteiger partial charge in [0.05, 0.1) is 9.82 Å². The Labute approximate surface area is 160 Å². The fourth-order valence-electron chi connectivity index (χ4n) is 2.54. The van der Waals surface area contributed by atoms with Crippen molar-refractivity contribution in [3.63, 3.8) is 0 Å². The molecule has 8 heteroatoms. The molecule has 1 N–H and O–H groups in total. The number of aryl methyl sites for hydroxylation is 1. The molecule has 0 saturated heterocycles. The summed E-state index contributed by atoms with van der Waals surface area (Å²) >= 11 is 0. The zero-order valence-electron chi connectivity index (χ0n) is 16.0. The van der Waals surface area contributed by atoms with Gasteiger partial charge in [0.2, 0.25) is 10.0 Å². The summed E-state index contributed by atoms with van der Waals surface area (Å²) in [5, 5.41) is 14.2. The first-order chi connectivity index (χ1) is 12.6. The maximum atomic E-state index is 12.5. The minimum absolute atomic E-state index is 0.109. The molecule has 0 spiro atoms. The number of hydrogen-bond acceptors (Lipinski definition) is 5. The fraction of sp³-hybridized carbons (Fsp3) is 0.368. The summed E-state index contributed by atoms with van der Waals surface area (Å²) in [6, 6.07) is 11.8. The Morgan fingerprint density at radius 2 is 1.63 bits per heavy atom. The average molecular weight is 391 g/mol. The highest BCUT2D eigenvalue weighted by Gasteiger charge is 2.22. The predicted octanol–water partition coefficient (Wildman–Crippen LogP) is 3.22. The van der Waals surface area contributed by atoms with Crippen molar-refractivity contribution >= 4 is 15.7 Å². The Kier molecular flexibility index (Phi) is 6.69. The molecule has 0 saturated carbocycles. The Balaban J connectivity index is 2.00. The lowest BCUT2D eigenvalue weighted by Gasteiger charge is -2.21. The number of hydrogen-bond donors (Lipinski definition) is 1. The first-order valence-corrected chi connectivity index (χ1v) is 10.1. The molecule has 146 valence electrons. The third-order valence-corrected chi connectivity index (χ3v) is 6.50. The summed E-state index contributed by atoms with van der Waals surface area (Å²) in [5.74, 6) is 0. The molecule has 2 rings (SSSR count). The van der Waals surface area contributed by atoms with Crippen LogP contribution in [0.25, 0.3) is 0 Å². The van der Waals surface area contributed by atoms with Crippen LogP contribution in [0.5, 0.6) is 0 Å². The van der Waals surface area contributed by atoms with Crippen LogP contribution in [0.1, 0.15) is 30.5 Å². The second-order valence-corrected chi connectivity index (χ2v) is 8.74. The molecule has 2 aromatic carbocycles. The minimum atomic E-state index is -3.49. The number of nitro benzene ring substituents is 1. The highest BCUT2D eigenvalue weighted by Crippen LogP contribution is 2.20. The van der Waals surface area contributed by atoms with Gasteiger partial charge in [0, 0.05) is 37.8 Å². The Morgan fingerprint density at radius 1 is 1.07 bits per heavy atom. The number of nitrogens with zero attached hydrogens (tertiary/aromatic N) is 2. The van der Waals surface area contributed by atoms with Crippen LogP contribution in [0.2, 0.25) is 0 Å². The summed E-state index contributed by atoms with van der Waals surface area (Å²) in [5.41, 5.74) is 2.50. The van der Waals surface area contributed by atoms with Crippen LogP contribution in [0.15, 0.2) is 47.4 Å². The molecule has 0 aromatic heterocycles. The molecule has 0 amide bonds. The SMILES string of the molecule is Cc1ccc(CNCc2ccc(S(=O)(=O)N(C)C(C)C)cc2)cc1[N+](=O)[O-]. The van der Waals surface area contributed by atoms with E-state index in [1.807, 2.05) is 19.9 Å². The van der Waals surface area contributed by atoms with Gasteiger partial charge in [-0.25, -0.2) is 8.42 Å². The van der Waals surface area contributed by atoms with Crippen LogP contribution in [-0.2, 0) is 23.1 Å². The van der Waals surface area contributed by atoms with Crippen molar-refractivity contribution in [2.45, 2.75) is 44.8 Å². The van der Waals surface area contributed by atoms with Crippen molar-refractivity contribution in [1.82, 2.24) is 9.62 Å². The van der Waals surface area contributed by atoms with E-state index in [0.29, 0.717) is 18.7 Å². The molecule has 7 nitrogen and oxygen atoms in total. The van der Waals surface area contributed by atoms with Crippen molar-refractivity contribution in [3.05, 3.63) is 69.3 Å². The lowest BCUT2D eigenvalue weighted by molar-refractivity contribution is -0.385. The number of nitro groups is 1. The number of sulfonamides is 1. The third-order valence-electron chi connectivity index (χ3n) is 4.46. The molecule has 27 heavy (non-hydrogen) atoms. The number of benzene rings is 2. The topological polar surface area (TPSA) is 92.6 Å². The van der Waals surface area contributed by atoms with E-state index in [1.54, 1.807) is 50.4 Å². The molecule has 0 radical (unpaired) electrons. The lowest BCUT2D eigenvalue weighted by atomic mass is 10.1. The molecule has 0 unspecified atom stereocenters. The van der Waals surface area contributed by atoms with E-state index in [2.05, 4.69) is 5.32 Å². The van der Waals surface area contributed by atoms with Gasteiger partial charge in [0.25, 0.3) is 5.69 Å². The highest BCUT2D eigenvalue weighted by molar-refractivity contribution is 7.89. The van der Waals surface area contributed by atoms with E-state index in [1.165, 1.54) is 4.31 Å². The van der Waals surface area contributed by atoms with E-state index in [0.717, 1.165) is 11.1 Å². The summed E-state index contributed by atoms with van der Waals surface area (Å²) in [6.45, 7) is 6.37. The van der Waals surface area contributed by atoms with Gasteiger partial charge in [-0.05, 0) is 44.0 Å². The molecular formula is C19H25N3O4S. The molecule has 0 aliphatic heterocycles. The van der Waals surface area contributed by atoms with Gasteiger partial charge < -0.3 is 5.32 Å². The van der Waals surface area contributed by atoms with E-state index in [4.69, 9.17) is 0 Å². The molecule has 0 bridgehead atoms. The maximum absolute atomic E-state index is 12.5. The zero-order chi connectivity index (χ0) is 20.2. The fourth-order valence-corrected chi connectivity index (χ4v) is 3.90. The summed E-state index contributed by atoms with van der Waals surface area (Å²) in [6.07, 6.45) is 0. The number of nitrogens with one attached hydrogen (secondary N) is 1. The van der Waals surface area contributed by atoms with Gasteiger partial charge in [-0.15, -0.1) is 0 Å². The van der Waals surface area contributed by atoms with Gasteiger partial charge in [0.1, 0.15) is 0 Å². The molecule has 0 atom stereocenters. The largest absolute Gasteiger partial charge is 0.309 e. The quantitative estimate of drug-likeness (QED) is 0.551. The smallest absolute Gasteiger partial charge is 0.272 e. The Bertz CT molecular complexity index is 909. The first kappa shape index (κ1) is 21.0. The Morgan fingerprint density at radius 3 is 2.19 bits per heavy atom. The first-order valence-electron chi connectivity index (χ1n) is 8.64. The van der Waals surface area contributed by atoms with Gasteiger partial charge in [-0.2, -0.15) is 4.31 Å². The van der Waals surface area contributed by atoms with Gasteiger partial charge in [-0.3, -0.25) is 10.1 Å². The van der Waals surface area contributed by atoms with Gasteiger partial charge in [0.15, 0.2) is 0 Å². The minimum Gasteiger partial charge on any atom is -0.309 e. The van der Waals surface area contributed by atoms with Crippen LogP contribution in [0.4, 0.5) is 5.69 Å². The second kappa shape index (κ2) is 8.60. The number of rotatable bonds is 8. The van der Waals surface area contributed by atoms with Gasteiger partial charge >= 0.3 is 0 Å². The highest BCUT2D eigenvalue weighted by atomic mass is 32.2. The van der Waals surface area contributed by atoms with Crippen LogP contribution in [0.3, 0.4) is 0 Å². The monoisotopic (exact) mass is 391 g/mol. The normalized spacial score (nSPS) is 11.9. The van der Waals surface area contributed by atoms with Crippen molar-refractivity contribution < 1.29 is 13.3 Å². The van der Waals surface area contributed by atoms with E-state index < -0.39 is 10.0 Å². The molecule has 0 heterocycles. The molecular weight excluding hydrogens is 366 g/mol. The third kappa shape index (κ3) is 5.12. The molecule has 0 aliphatic rings. The average Bonchev–Trinajstić information content (AvgIpc) is 2.62. The summed E-state index contributed by atoms with van der Waals surface area (Å²) in [4.78, 5) is 10.9. The van der Waals surface area contributed by atoms with Crippen molar-refractivity contribution in [1.29, 1.82) is 0 Å². The maximum Gasteiger partial charge on any atom is 0.272 e. The molecule has 0 aliphatic carbocycles. The van der Waals surface area contributed by atoms with Gasteiger partial charge in [-0.1, -0.05) is 24.3 Å². The lowest BCUT2D eigenvalue weighted by Crippen LogP contribution is -2.33. The van der Waals surface area contributed by atoms with Crippen LogP contribution >= 0.6 is 0 Å². The zero-order valence-corrected chi connectivity index (χ0v) is 16.8. The van der Waals surface area contributed by atoms with Crippen molar-refractivity contribution in [2.75, 3.05) is 7.05 Å². The Hall–Kier alpha value is -2.29. The molecule has 0 fully saturated rings. The van der Waals surface area contributed by atoms with E-state index in [-0.39, 0.29) is 21.5 Å². The van der Waals surface area contributed by atoms with Crippen LogP contribution in [-0.4, -0.2) is 30.7 Å². The van der Waals surface area contributed by atoms with Crippen molar-refractivity contribution in [3.8, 4) is 0 Å². The standard InChI is InChI=1S/C19H25N3O4S/c1-14(2)21(4)27(25,26)18-9-7-16(8-10-18)12-20-13-17-6-5-15(3)19(11-17)22(23)24/h5-11,14,20H,12-13H2,1-4H3. The summed E-state index contributed by atoms with van der Waals surface area (Å²) in [7, 11) is -1.92. The molecule has 2 aromatic rings. The van der Waals surface area contributed by atoms with Crippen LogP contribution < -0.4 is 5.32 Å².